The van der Waals surface area contributed by atoms with Crippen molar-refractivity contribution in [3.8, 4) is 0 Å². The monoisotopic (exact) mass is 266 g/mol. The molecule has 0 aliphatic carbocycles. The minimum absolute atomic E-state index is 0.365. The summed E-state index contributed by atoms with van der Waals surface area (Å²) in [5, 5.41) is 32.6. The van der Waals surface area contributed by atoms with Crippen LogP contribution in [0.3, 0.4) is 0 Å². The molecule has 0 spiro atoms. The molecule has 1 unspecified atom stereocenters. The highest BCUT2D eigenvalue weighted by atomic mass is 16.5. The van der Waals surface area contributed by atoms with Gasteiger partial charge in [0.25, 0.3) is 0 Å². The quantitative estimate of drug-likeness (QED) is 0.450. The molecule has 0 aromatic heterocycles. The third-order valence-corrected chi connectivity index (χ3v) is 2.30. The molecular weight excluding hydrogens is 240 g/mol. The Labute approximate surface area is 108 Å². The van der Waals surface area contributed by atoms with Crippen LogP contribution in [-0.4, -0.2) is 58.9 Å². The number of carboxylic acids is 1. The van der Waals surface area contributed by atoms with Gasteiger partial charge < -0.3 is 25.2 Å². The fourth-order valence-electron chi connectivity index (χ4n) is 1.16. The van der Waals surface area contributed by atoms with Crippen LogP contribution in [0.2, 0.25) is 0 Å². The largest absolute Gasteiger partial charge is 0.479 e. The van der Waals surface area contributed by atoms with Crippen LogP contribution in [0.25, 0.3) is 0 Å². The van der Waals surface area contributed by atoms with E-state index < -0.39 is 18.2 Å². The van der Waals surface area contributed by atoms with Crippen LogP contribution in [0, 0.1) is 0 Å². The summed E-state index contributed by atoms with van der Waals surface area (Å²) in [7, 11) is 1.44. The Balaban J connectivity index is 0. The Morgan fingerprint density at radius 1 is 1.17 bits per heavy atom. The highest BCUT2D eigenvalue weighted by Crippen LogP contribution is 2.07. The third kappa shape index (κ3) is 13.4. The van der Waals surface area contributed by atoms with Crippen molar-refractivity contribution in [2.45, 2.75) is 51.2 Å². The van der Waals surface area contributed by atoms with Gasteiger partial charge in [0.15, 0.2) is 6.10 Å². The maximum Gasteiger partial charge on any atom is 0.332 e. The van der Waals surface area contributed by atoms with Gasteiger partial charge in [-0.3, -0.25) is 0 Å². The van der Waals surface area contributed by atoms with Crippen LogP contribution in [0.1, 0.15) is 39.0 Å². The van der Waals surface area contributed by atoms with Gasteiger partial charge in [0.05, 0.1) is 13.2 Å². The van der Waals surface area contributed by atoms with E-state index in [1.54, 1.807) is 0 Å². The van der Waals surface area contributed by atoms with Crippen LogP contribution < -0.4 is 0 Å². The van der Waals surface area contributed by atoms with E-state index in [0.29, 0.717) is 6.42 Å². The first-order chi connectivity index (χ1) is 8.53. The number of aliphatic hydroxyl groups is 3. The molecule has 0 saturated carbocycles. The number of rotatable bonds is 9. The zero-order valence-electron chi connectivity index (χ0n) is 11.2. The van der Waals surface area contributed by atoms with Crippen LogP contribution >= 0.6 is 0 Å². The Morgan fingerprint density at radius 3 is 2.00 bits per heavy atom. The fourth-order valence-corrected chi connectivity index (χ4v) is 1.16. The Hall–Kier alpha value is -0.690. The molecule has 0 fully saturated rings. The lowest BCUT2D eigenvalue weighted by atomic mass is 10.1. The van der Waals surface area contributed by atoms with Gasteiger partial charge in [0, 0.05) is 7.11 Å². The number of methoxy groups -OCH3 is 1. The lowest BCUT2D eigenvalue weighted by Crippen LogP contribution is -2.21. The third-order valence-electron chi connectivity index (χ3n) is 2.30. The molecule has 18 heavy (non-hydrogen) atoms. The minimum atomic E-state index is -0.954. The zero-order chi connectivity index (χ0) is 14.4. The van der Waals surface area contributed by atoms with Gasteiger partial charge in [-0.1, -0.05) is 32.6 Å². The van der Waals surface area contributed by atoms with Crippen LogP contribution in [0.15, 0.2) is 0 Å². The van der Waals surface area contributed by atoms with Crippen LogP contribution in [-0.2, 0) is 9.53 Å². The van der Waals surface area contributed by atoms with Gasteiger partial charge in [-0.2, -0.15) is 0 Å². The van der Waals surface area contributed by atoms with Crippen molar-refractivity contribution in [1.29, 1.82) is 0 Å². The molecule has 4 N–H and O–H groups in total. The van der Waals surface area contributed by atoms with Crippen molar-refractivity contribution in [2.75, 3.05) is 20.3 Å². The van der Waals surface area contributed by atoms with Gasteiger partial charge in [0.1, 0.15) is 6.10 Å². The first-order valence-corrected chi connectivity index (χ1v) is 6.18. The molecular formula is C12H26O6. The number of carboxylic acid groups (broad SMARTS) is 1. The normalized spacial score (nSPS) is 11.9. The number of aliphatic hydroxyl groups excluding tert-OH is 3. The van der Waals surface area contributed by atoms with E-state index in [9.17, 15) is 4.79 Å². The average molecular weight is 266 g/mol. The molecule has 0 aromatic rings. The van der Waals surface area contributed by atoms with Crippen LogP contribution in [0.5, 0.6) is 0 Å². The first kappa shape index (κ1) is 19.6. The van der Waals surface area contributed by atoms with Crippen molar-refractivity contribution in [2.24, 2.45) is 0 Å². The number of unbranched alkanes of at least 4 members (excludes halogenated alkanes) is 3. The Bertz CT molecular complexity index is 181. The molecule has 1 atom stereocenters. The maximum absolute atomic E-state index is 10.5. The molecule has 110 valence electrons. The first-order valence-electron chi connectivity index (χ1n) is 6.18. The van der Waals surface area contributed by atoms with E-state index in [1.807, 2.05) is 0 Å². The Kier molecular flexibility index (Phi) is 15.7. The summed E-state index contributed by atoms with van der Waals surface area (Å²) in [5.74, 6) is -0.853. The zero-order valence-corrected chi connectivity index (χ0v) is 11.2. The lowest BCUT2D eigenvalue weighted by molar-refractivity contribution is -0.148. The van der Waals surface area contributed by atoms with Gasteiger partial charge in [-0.05, 0) is 6.42 Å². The molecule has 6 nitrogen and oxygen atoms in total. The number of carbonyl (C=O) groups is 1. The predicted molar refractivity (Wildman–Crippen MR) is 67.4 cm³/mol. The van der Waals surface area contributed by atoms with Crippen molar-refractivity contribution in [3.63, 3.8) is 0 Å². The number of aliphatic carboxylic acids is 1. The summed E-state index contributed by atoms with van der Waals surface area (Å²) < 4.78 is 4.79. The summed E-state index contributed by atoms with van der Waals surface area (Å²) in [6, 6.07) is 0. The fraction of sp³-hybridized carbons (Fsp3) is 0.917. The molecule has 0 rings (SSSR count). The Morgan fingerprint density at radius 2 is 1.72 bits per heavy atom. The summed E-state index contributed by atoms with van der Waals surface area (Å²) in [4.78, 5) is 10.5. The molecule has 0 radical (unpaired) electrons. The molecule has 0 bridgehead atoms. The highest BCUT2D eigenvalue weighted by Gasteiger charge is 2.14. The highest BCUT2D eigenvalue weighted by molar-refractivity contribution is 5.72. The van der Waals surface area contributed by atoms with Gasteiger partial charge in [-0.15, -0.1) is 0 Å². The topological polar surface area (TPSA) is 107 Å². The van der Waals surface area contributed by atoms with E-state index in [0.717, 1.165) is 12.8 Å². The minimum Gasteiger partial charge on any atom is -0.479 e. The van der Waals surface area contributed by atoms with E-state index in [-0.39, 0.29) is 13.2 Å². The van der Waals surface area contributed by atoms with Crippen LogP contribution in [0.4, 0.5) is 0 Å². The van der Waals surface area contributed by atoms with E-state index in [1.165, 1.54) is 20.0 Å². The molecule has 0 saturated heterocycles. The molecule has 0 aromatic carbocycles. The SMILES string of the molecule is CCCCCCC(OC)C(=O)O.OCC(O)CO. The number of hydrogen-bond acceptors (Lipinski definition) is 5. The molecule has 0 amide bonds. The predicted octanol–water partition coefficient (Wildman–Crippen LogP) is 0.388. The molecule has 0 aliphatic heterocycles. The summed E-state index contributed by atoms with van der Waals surface area (Å²) in [6.45, 7) is 1.40. The van der Waals surface area contributed by atoms with Crippen molar-refractivity contribution >= 4 is 5.97 Å². The average Bonchev–Trinajstić information content (AvgIpc) is 2.38. The van der Waals surface area contributed by atoms with Gasteiger partial charge >= 0.3 is 5.97 Å². The van der Waals surface area contributed by atoms with Crippen molar-refractivity contribution < 1.29 is 30.0 Å². The smallest absolute Gasteiger partial charge is 0.332 e. The van der Waals surface area contributed by atoms with Crippen molar-refractivity contribution in [1.82, 2.24) is 0 Å². The summed E-state index contributed by atoms with van der Waals surface area (Å²) in [5.41, 5.74) is 0. The second-order valence-corrected chi connectivity index (χ2v) is 3.93. The second kappa shape index (κ2) is 14.4. The maximum atomic E-state index is 10.5. The van der Waals surface area contributed by atoms with E-state index in [4.69, 9.17) is 25.2 Å². The lowest BCUT2D eigenvalue weighted by Gasteiger charge is -2.08. The standard InChI is InChI=1S/C9H18O3.C3H8O3/c1-3-4-5-6-7-8(12-2)9(10)11;4-1-3(6)2-5/h8H,3-7H2,1-2H3,(H,10,11);3-6H,1-2H2. The molecule has 6 heteroatoms. The van der Waals surface area contributed by atoms with Gasteiger partial charge in [-0.25, -0.2) is 4.79 Å². The summed E-state index contributed by atoms with van der Waals surface area (Å²) >= 11 is 0. The molecule has 0 heterocycles. The van der Waals surface area contributed by atoms with E-state index in [2.05, 4.69) is 6.92 Å². The molecule has 0 aliphatic rings. The summed E-state index contributed by atoms with van der Waals surface area (Å²) in [6.07, 6.45) is 3.46. The van der Waals surface area contributed by atoms with Crippen molar-refractivity contribution in [3.05, 3.63) is 0 Å². The van der Waals surface area contributed by atoms with Gasteiger partial charge in [0.2, 0.25) is 0 Å². The second-order valence-electron chi connectivity index (χ2n) is 3.93. The number of ether oxygens (including phenoxy) is 1. The number of hydrogen-bond donors (Lipinski definition) is 4. The van der Waals surface area contributed by atoms with E-state index >= 15 is 0 Å².